The Labute approximate surface area is 165 Å². The third-order valence-corrected chi connectivity index (χ3v) is 4.28. The van der Waals surface area contributed by atoms with Crippen molar-refractivity contribution in [2.45, 2.75) is 13.0 Å². The van der Waals surface area contributed by atoms with E-state index in [2.05, 4.69) is 10.3 Å². The molecule has 0 atom stereocenters. The van der Waals surface area contributed by atoms with Gasteiger partial charge in [0.15, 0.2) is 11.4 Å². The standard InChI is InChI=1S/C20H17ClN2O5/c21-19-15-10-13(28-11-12-4-2-1-3-5-12)6-7-14(15)18(26)17(23-19)20(27)22-9-8-16(24)25/h1-7,10,26H,8-9,11H2,(H,22,27)(H,24,25). The maximum absolute atomic E-state index is 12.2. The first-order chi connectivity index (χ1) is 13.5. The van der Waals surface area contributed by atoms with Crippen LogP contribution < -0.4 is 10.1 Å². The van der Waals surface area contributed by atoms with E-state index in [-0.39, 0.29) is 29.6 Å². The summed E-state index contributed by atoms with van der Waals surface area (Å²) in [5.74, 6) is -1.54. The lowest BCUT2D eigenvalue weighted by atomic mass is 10.1. The van der Waals surface area contributed by atoms with E-state index in [9.17, 15) is 14.7 Å². The molecule has 8 heteroatoms. The lowest BCUT2D eigenvalue weighted by Gasteiger charge is -2.11. The second kappa shape index (κ2) is 8.58. The first-order valence-corrected chi connectivity index (χ1v) is 8.82. The Morgan fingerprint density at radius 1 is 1.11 bits per heavy atom. The molecule has 0 radical (unpaired) electrons. The Kier molecular flexibility index (Phi) is 5.96. The van der Waals surface area contributed by atoms with Crippen molar-refractivity contribution >= 4 is 34.2 Å². The number of fused-ring (bicyclic) bond motifs is 1. The largest absolute Gasteiger partial charge is 0.505 e. The van der Waals surface area contributed by atoms with Gasteiger partial charge in [0.2, 0.25) is 0 Å². The number of aromatic nitrogens is 1. The van der Waals surface area contributed by atoms with E-state index in [0.29, 0.717) is 23.1 Å². The molecular formula is C20H17ClN2O5. The number of carboxylic acid groups (broad SMARTS) is 1. The number of aromatic hydroxyl groups is 1. The number of pyridine rings is 1. The smallest absolute Gasteiger partial charge is 0.305 e. The van der Waals surface area contributed by atoms with Gasteiger partial charge in [0, 0.05) is 17.3 Å². The van der Waals surface area contributed by atoms with E-state index in [0.717, 1.165) is 5.56 Å². The third kappa shape index (κ3) is 4.50. The lowest BCUT2D eigenvalue weighted by molar-refractivity contribution is -0.136. The SMILES string of the molecule is O=C(O)CCNC(=O)c1nc(Cl)c2cc(OCc3ccccc3)ccc2c1O. The van der Waals surface area contributed by atoms with Gasteiger partial charge in [-0.2, -0.15) is 0 Å². The fourth-order valence-electron chi connectivity index (χ4n) is 2.60. The molecular weight excluding hydrogens is 384 g/mol. The zero-order valence-electron chi connectivity index (χ0n) is 14.7. The minimum Gasteiger partial charge on any atom is -0.505 e. The van der Waals surface area contributed by atoms with Crippen LogP contribution in [0.5, 0.6) is 11.5 Å². The molecule has 144 valence electrons. The summed E-state index contributed by atoms with van der Waals surface area (Å²) in [6, 6.07) is 14.5. The van der Waals surface area contributed by atoms with Gasteiger partial charge >= 0.3 is 5.97 Å². The lowest BCUT2D eigenvalue weighted by Crippen LogP contribution is -2.27. The summed E-state index contributed by atoms with van der Waals surface area (Å²) in [5.41, 5.74) is 0.740. The molecule has 0 saturated heterocycles. The molecule has 3 aromatic rings. The second-order valence-corrected chi connectivity index (χ2v) is 6.34. The maximum atomic E-state index is 12.2. The Morgan fingerprint density at radius 2 is 1.86 bits per heavy atom. The van der Waals surface area contributed by atoms with Crippen molar-refractivity contribution in [3.8, 4) is 11.5 Å². The van der Waals surface area contributed by atoms with Crippen LogP contribution in [0.4, 0.5) is 0 Å². The van der Waals surface area contributed by atoms with Gasteiger partial charge in [-0.1, -0.05) is 41.9 Å². The fraction of sp³-hybridized carbons (Fsp3) is 0.150. The van der Waals surface area contributed by atoms with Crippen molar-refractivity contribution in [3.63, 3.8) is 0 Å². The molecule has 28 heavy (non-hydrogen) atoms. The molecule has 1 heterocycles. The number of nitrogens with zero attached hydrogens (tertiary/aromatic N) is 1. The van der Waals surface area contributed by atoms with Crippen LogP contribution in [0.2, 0.25) is 5.15 Å². The molecule has 0 unspecified atom stereocenters. The van der Waals surface area contributed by atoms with Crippen molar-refractivity contribution in [2.24, 2.45) is 0 Å². The van der Waals surface area contributed by atoms with Gasteiger partial charge in [-0.15, -0.1) is 0 Å². The minimum atomic E-state index is -1.04. The van der Waals surface area contributed by atoms with Crippen LogP contribution in [0.15, 0.2) is 48.5 Å². The topological polar surface area (TPSA) is 109 Å². The summed E-state index contributed by atoms with van der Waals surface area (Å²) in [4.78, 5) is 26.7. The monoisotopic (exact) mass is 400 g/mol. The van der Waals surface area contributed by atoms with Gasteiger partial charge in [0.25, 0.3) is 5.91 Å². The van der Waals surface area contributed by atoms with Crippen LogP contribution in [0.3, 0.4) is 0 Å². The second-order valence-electron chi connectivity index (χ2n) is 5.98. The molecule has 1 aromatic heterocycles. The number of halogens is 1. The highest BCUT2D eigenvalue weighted by molar-refractivity contribution is 6.35. The van der Waals surface area contributed by atoms with Crippen molar-refractivity contribution in [3.05, 3.63) is 64.9 Å². The van der Waals surface area contributed by atoms with Gasteiger partial charge in [-0.05, 0) is 23.8 Å². The number of hydrogen-bond acceptors (Lipinski definition) is 5. The highest BCUT2D eigenvalue weighted by Gasteiger charge is 2.19. The van der Waals surface area contributed by atoms with E-state index in [4.69, 9.17) is 21.4 Å². The summed E-state index contributed by atoms with van der Waals surface area (Å²) in [5, 5.41) is 22.2. The average molecular weight is 401 g/mol. The van der Waals surface area contributed by atoms with Crippen LogP contribution in [0.25, 0.3) is 10.8 Å². The molecule has 1 amide bonds. The molecule has 7 nitrogen and oxygen atoms in total. The molecule has 0 bridgehead atoms. The first kappa shape index (κ1) is 19.4. The quantitative estimate of drug-likeness (QED) is 0.524. The van der Waals surface area contributed by atoms with Gasteiger partial charge < -0.3 is 20.3 Å². The third-order valence-electron chi connectivity index (χ3n) is 3.99. The van der Waals surface area contributed by atoms with E-state index in [1.165, 1.54) is 0 Å². The van der Waals surface area contributed by atoms with Crippen molar-refractivity contribution < 1.29 is 24.5 Å². The maximum Gasteiger partial charge on any atom is 0.305 e. The van der Waals surface area contributed by atoms with Gasteiger partial charge in [-0.3, -0.25) is 9.59 Å². The van der Waals surface area contributed by atoms with Crippen molar-refractivity contribution in [2.75, 3.05) is 6.54 Å². The normalized spacial score (nSPS) is 10.6. The molecule has 3 N–H and O–H groups in total. The number of rotatable bonds is 7. The molecule has 0 aliphatic rings. The summed E-state index contributed by atoms with van der Waals surface area (Å²) >= 11 is 6.20. The highest BCUT2D eigenvalue weighted by Crippen LogP contribution is 2.34. The predicted octanol–water partition coefficient (Wildman–Crippen LogP) is 3.38. The van der Waals surface area contributed by atoms with E-state index < -0.39 is 11.9 Å². The number of ether oxygens (including phenoxy) is 1. The Balaban J connectivity index is 1.82. The van der Waals surface area contributed by atoms with E-state index in [1.54, 1.807) is 18.2 Å². The van der Waals surface area contributed by atoms with Crippen molar-refractivity contribution in [1.82, 2.24) is 10.3 Å². The Bertz CT molecular complexity index is 1020. The number of hydrogen-bond donors (Lipinski definition) is 3. The number of amides is 1. The number of nitrogens with one attached hydrogen (secondary N) is 1. The first-order valence-electron chi connectivity index (χ1n) is 8.44. The number of carbonyl (C=O) groups is 2. The fourth-order valence-corrected chi connectivity index (χ4v) is 2.84. The number of carbonyl (C=O) groups excluding carboxylic acids is 1. The number of carboxylic acids is 1. The summed E-state index contributed by atoms with van der Waals surface area (Å²) in [7, 11) is 0. The molecule has 2 aromatic carbocycles. The van der Waals surface area contributed by atoms with Crippen LogP contribution in [-0.4, -0.2) is 33.6 Å². The molecule has 0 fully saturated rings. The number of benzene rings is 2. The predicted molar refractivity (Wildman–Crippen MR) is 104 cm³/mol. The Hall–Kier alpha value is -3.32. The van der Waals surface area contributed by atoms with Crippen LogP contribution >= 0.6 is 11.6 Å². The van der Waals surface area contributed by atoms with Crippen LogP contribution in [0, 0.1) is 0 Å². The van der Waals surface area contributed by atoms with Crippen molar-refractivity contribution in [1.29, 1.82) is 0 Å². The van der Waals surface area contributed by atoms with Gasteiger partial charge in [-0.25, -0.2) is 4.98 Å². The molecule has 0 spiro atoms. The highest BCUT2D eigenvalue weighted by atomic mass is 35.5. The molecule has 0 saturated carbocycles. The van der Waals surface area contributed by atoms with Crippen LogP contribution in [0.1, 0.15) is 22.5 Å². The molecule has 3 rings (SSSR count). The van der Waals surface area contributed by atoms with E-state index >= 15 is 0 Å². The molecule has 0 aliphatic carbocycles. The Morgan fingerprint density at radius 3 is 2.57 bits per heavy atom. The average Bonchev–Trinajstić information content (AvgIpc) is 2.69. The zero-order chi connectivity index (χ0) is 20.1. The zero-order valence-corrected chi connectivity index (χ0v) is 15.4. The van der Waals surface area contributed by atoms with Gasteiger partial charge in [0.05, 0.1) is 6.42 Å². The van der Waals surface area contributed by atoms with E-state index in [1.807, 2.05) is 30.3 Å². The summed E-state index contributed by atoms with van der Waals surface area (Å²) in [6.07, 6.45) is -0.240. The van der Waals surface area contributed by atoms with Gasteiger partial charge in [0.1, 0.15) is 17.5 Å². The molecule has 0 aliphatic heterocycles. The minimum absolute atomic E-state index is 0.0290. The van der Waals surface area contributed by atoms with Crippen LogP contribution in [-0.2, 0) is 11.4 Å². The number of aliphatic carboxylic acids is 1. The summed E-state index contributed by atoms with van der Waals surface area (Å²) in [6.45, 7) is 0.282. The summed E-state index contributed by atoms with van der Waals surface area (Å²) < 4.78 is 5.75.